The van der Waals surface area contributed by atoms with E-state index in [9.17, 15) is 14.4 Å². The van der Waals surface area contributed by atoms with E-state index in [0.717, 1.165) is 10.5 Å². The summed E-state index contributed by atoms with van der Waals surface area (Å²) in [5.41, 5.74) is -0.245. The first kappa shape index (κ1) is 19.9. The second kappa shape index (κ2) is 6.99. The van der Waals surface area contributed by atoms with Crippen molar-refractivity contribution in [2.75, 3.05) is 18.1 Å². The molecule has 3 aliphatic heterocycles. The number of rotatable bonds is 3. The fourth-order valence-electron chi connectivity index (χ4n) is 5.28. The van der Waals surface area contributed by atoms with Gasteiger partial charge in [-0.15, -0.1) is 0 Å². The van der Waals surface area contributed by atoms with Crippen molar-refractivity contribution in [2.45, 2.75) is 25.4 Å². The highest BCUT2D eigenvalue weighted by molar-refractivity contribution is 6.31. The van der Waals surface area contributed by atoms with Crippen molar-refractivity contribution in [1.29, 1.82) is 0 Å². The van der Waals surface area contributed by atoms with Gasteiger partial charge in [-0.05, 0) is 38.1 Å². The number of hydrogen-bond donors (Lipinski definition) is 0. The molecule has 2 aromatic carbocycles. The third-order valence-electron chi connectivity index (χ3n) is 6.53. The van der Waals surface area contributed by atoms with Gasteiger partial charge in [0.2, 0.25) is 0 Å². The summed E-state index contributed by atoms with van der Waals surface area (Å²) < 4.78 is 11.3. The van der Waals surface area contributed by atoms with Gasteiger partial charge in [0.05, 0.1) is 30.9 Å². The van der Waals surface area contributed by atoms with Crippen molar-refractivity contribution in [2.24, 2.45) is 11.8 Å². The molecular formula is C23H21ClN2O5. The van der Waals surface area contributed by atoms with Crippen molar-refractivity contribution < 1.29 is 23.9 Å². The van der Waals surface area contributed by atoms with Crippen LogP contribution in [0.5, 0.6) is 5.75 Å². The molecule has 0 bridgehead atoms. The summed E-state index contributed by atoms with van der Waals surface area (Å²) >= 11 is 6.12. The van der Waals surface area contributed by atoms with E-state index in [2.05, 4.69) is 0 Å². The van der Waals surface area contributed by atoms with E-state index < -0.39 is 41.3 Å². The van der Waals surface area contributed by atoms with Crippen molar-refractivity contribution in [3.05, 3.63) is 59.1 Å². The number of fused-ring (bicyclic) bond motifs is 5. The van der Waals surface area contributed by atoms with Crippen LogP contribution in [0.2, 0.25) is 5.02 Å². The maximum absolute atomic E-state index is 13.8. The van der Waals surface area contributed by atoms with Crippen LogP contribution in [0.3, 0.4) is 0 Å². The van der Waals surface area contributed by atoms with Gasteiger partial charge in [-0.25, -0.2) is 9.69 Å². The summed E-state index contributed by atoms with van der Waals surface area (Å²) in [6, 6.07) is 13.0. The number of hydrogen-bond acceptors (Lipinski definition) is 5. The topological polar surface area (TPSA) is 76.2 Å². The molecule has 4 atom stereocenters. The number of imide groups is 1. The van der Waals surface area contributed by atoms with Gasteiger partial charge in [0.1, 0.15) is 11.3 Å². The fraction of sp³-hybridized carbons (Fsp3) is 0.348. The first-order chi connectivity index (χ1) is 14.9. The van der Waals surface area contributed by atoms with Crippen LogP contribution in [0.15, 0.2) is 48.5 Å². The van der Waals surface area contributed by atoms with E-state index >= 15 is 0 Å². The lowest BCUT2D eigenvalue weighted by Crippen LogP contribution is -2.51. The summed E-state index contributed by atoms with van der Waals surface area (Å²) in [4.78, 5) is 43.2. The quantitative estimate of drug-likeness (QED) is 0.536. The zero-order valence-electron chi connectivity index (χ0n) is 17.1. The Morgan fingerprint density at radius 1 is 1.23 bits per heavy atom. The van der Waals surface area contributed by atoms with Crippen LogP contribution in [0, 0.1) is 11.8 Å². The molecule has 0 N–H and O–H groups in total. The van der Waals surface area contributed by atoms with Crippen LogP contribution in [0.25, 0.3) is 0 Å². The number of anilines is 1. The number of para-hydroxylation sites is 1. The minimum Gasteiger partial charge on any atom is -0.493 e. The Balaban J connectivity index is 1.69. The van der Waals surface area contributed by atoms with Crippen molar-refractivity contribution in [3.63, 3.8) is 0 Å². The molecule has 3 heterocycles. The molecule has 0 spiro atoms. The Morgan fingerprint density at radius 3 is 2.74 bits per heavy atom. The molecule has 5 rings (SSSR count). The molecule has 2 fully saturated rings. The highest BCUT2D eigenvalue weighted by Gasteiger charge is 2.72. The molecular weight excluding hydrogens is 420 g/mol. The van der Waals surface area contributed by atoms with Gasteiger partial charge in [0.25, 0.3) is 5.91 Å². The molecule has 3 aliphatic rings. The lowest BCUT2D eigenvalue weighted by atomic mass is 9.77. The van der Waals surface area contributed by atoms with E-state index in [1.54, 1.807) is 43.0 Å². The lowest BCUT2D eigenvalue weighted by molar-refractivity contribution is -0.154. The second-order valence-corrected chi connectivity index (χ2v) is 8.54. The highest BCUT2D eigenvalue weighted by Crippen LogP contribution is 2.58. The van der Waals surface area contributed by atoms with E-state index in [1.807, 2.05) is 24.3 Å². The summed E-state index contributed by atoms with van der Waals surface area (Å²) in [5, 5.41) is 0.409. The van der Waals surface area contributed by atoms with Crippen molar-refractivity contribution in [3.8, 4) is 5.75 Å². The minimum atomic E-state index is -1.40. The zero-order chi connectivity index (χ0) is 21.9. The van der Waals surface area contributed by atoms with Crippen LogP contribution >= 0.6 is 11.6 Å². The van der Waals surface area contributed by atoms with Gasteiger partial charge in [-0.1, -0.05) is 35.9 Å². The molecule has 31 heavy (non-hydrogen) atoms. The maximum atomic E-state index is 13.8. The number of urea groups is 1. The molecule has 0 radical (unpaired) electrons. The number of ether oxygens (including phenoxy) is 2. The number of carbonyl (C=O) groups is 3. The summed E-state index contributed by atoms with van der Waals surface area (Å²) in [6.45, 7) is 3.77. The average molecular weight is 441 g/mol. The van der Waals surface area contributed by atoms with E-state index in [4.69, 9.17) is 21.1 Å². The lowest BCUT2D eigenvalue weighted by Gasteiger charge is -2.34. The Morgan fingerprint density at radius 2 is 2.00 bits per heavy atom. The third kappa shape index (κ3) is 2.62. The van der Waals surface area contributed by atoms with Gasteiger partial charge in [-0.2, -0.15) is 0 Å². The van der Waals surface area contributed by atoms with Gasteiger partial charge < -0.3 is 14.4 Å². The summed E-state index contributed by atoms with van der Waals surface area (Å²) in [5.74, 6) is -1.57. The standard InChI is InChI=1S/C23H21ClN2O5/c1-3-30-20(27)18-16-12-31-17-10-5-4-9-15(17)19(16)26-22(29)25(21(28)23(18,26)2)14-8-6-7-13(24)11-14/h4-11,16,18-19H,3,12H2,1-2H3/t16?,18?,19?,23-/m1/s1. The molecule has 2 aromatic rings. The van der Waals surface area contributed by atoms with Gasteiger partial charge in [0, 0.05) is 16.5 Å². The van der Waals surface area contributed by atoms with Gasteiger partial charge >= 0.3 is 12.0 Å². The number of halogens is 1. The van der Waals surface area contributed by atoms with Gasteiger partial charge in [0.15, 0.2) is 0 Å². The Kier molecular flexibility index (Phi) is 4.48. The van der Waals surface area contributed by atoms with Crippen molar-refractivity contribution in [1.82, 2.24) is 4.90 Å². The Bertz CT molecular complexity index is 1100. The predicted molar refractivity (Wildman–Crippen MR) is 113 cm³/mol. The monoisotopic (exact) mass is 440 g/mol. The first-order valence-electron chi connectivity index (χ1n) is 10.2. The number of carbonyl (C=O) groups excluding carboxylic acids is 3. The molecule has 3 unspecified atom stereocenters. The van der Waals surface area contributed by atoms with Crippen LogP contribution in [0.1, 0.15) is 25.5 Å². The number of esters is 1. The molecule has 160 valence electrons. The number of amides is 3. The molecule has 8 heteroatoms. The largest absolute Gasteiger partial charge is 0.493 e. The molecule has 0 saturated carbocycles. The maximum Gasteiger partial charge on any atom is 0.332 e. The summed E-state index contributed by atoms with van der Waals surface area (Å²) in [7, 11) is 0. The van der Waals surface area contributed by atoms with Crippen LogP contribution in [-0.4, -0.2) is 41.6 Å². The predicted octanol–water partition coefficient (Wildman–Crippen LogP) is 3.81. The fourth-order valence-corrected chi connectivity index (χ4v) is 5.47. The van der Waals surface area contributed by atoms with E-state index in [1.165, 1.54) is 0 Å². The molecule has 3 amide bonds. The summed E-state index contributed by atoms with van der Waals surface area (Å²) in [6.07, 6.45) is 0. The minimum absolute atomic E-state index is 0.181. The molecule has 2 saturated heterocycles. The van der Waals surface area contributed by atoms with Crippen LogP contribution < -0.4 is 9.64 Å². The van der Waals surface area contributed by atoms with Gasteiger partial charge in [-0.3, -0.25) is 9.59 Å². The second-order valence-electron chi connectivity index (χ2n) is 8.11. The molecule has 7 nitrogen and oxygen atoms in total. The van der Waals surface area contributed by atoms with E-state index in [0.29, 0.717) is 16.5 Å². The average Bonchev–Trinajstić information content (AvgIpc) is 3.13. The van der Waals surface area contributed by atoms with Crippen molar-refractivity contribution >= 4 is 35.2 Å². The SMILES string of the molecule is CCOC(=O)C1C2COc3ccccc3C2N2C(=O)N(c3cccc(Cl)c3)C(=O)[C@@]12C. The van der Waals surface area contributed by atoms with Crippen LogP contribution in [-0.2, 0) is 14.3 Å². The zero-order valence-corrected chi connectivity index (χ0v) is 17.8. The third-order valence-corrected chi connectivity index (χ3v) is 6.76. The molecule has 0 aliphatic carbocycles. The van der Waals surface area contributed by atoms with Crippen LogP contribution in [0.4, 0.5) is 10.5 Å². The molecule has 0 aromatic heterocycles. The highest BCUT2D eigenvalue weighted by atomic mass is 35.5. The smallest absolute Gasteiger partial charge is 0.332 e. The Hall–Kier alpha value is -3.06. The number of benzene rings is 2. The first-order valence-corrected chi connectivity index (χ1v) is 10.6. The number of nitrogens with zero attached hydrogens (tertiary/aromatic N) is 2. The normalized spacial score (nSPS) is 28.7. The Labute approximate surface area is 184 Å². The van der Waals surface area contributed by atoms with E-state index in [-0.39, 0.29) is 13.2 Å².